The van der Waals surface area contributed by atoms with Crippen LogP contribution in [0.5, 0.6) is 5.88 Å². The minimum absolute atomic E-state index is 0.0595. The van der Waals surface area contributed by atoms with Gasteiger partial charge in [0.15, 0.2) is 0 Å². The first-order valence-corrected chi connectivity index (χ1v) is 10.6. The lowest BCUT2D eigenvalue weighted by atomic mass is 10.1. The number of nitrogens with one attached hydrogen (secondary N) is 2. The predicted octanol–water partition coefficient (Wildman–Crippen LogP) is 2.93. The fourth-order valence-corrected chi connectivity index (χ4v) is 3.06. The van der Waals surface area contributed by atoms with E-state index in [-0.39, 0.29) is 34.8 Å². The number of rotatable bonds is 7. The Hall–Kier alpha value is -3.59. The van der Waals surface area contributed by atoms with Crippen LogP contribution in [-0.2, 0) is 27.5 Å². The monoisotopic (exact) mass is 471 g/mol. The van der Waals surface area contributed by atoms with Gasteiger partial charge in [-0.2, -0.15) is 13.2 Å². The molecule has 0 unspecified atom stereocenters. The van der Waals surface area contributed by atoms with Gasteiger partial charge in [-0.1, -0.05) is 5.92 Å². The molecule has 0 bridgehead atoms. The summed E-state index contributed by atoms with van der Waals surface area (Å²) < 4.78 is 82.0. The average molecular weight is 471 g/mol. The standard InChI is InChI=1S/C20H17F4N3O4S/c1-4-13-9-12(10-15(21)18(13)27-32(3,29)30)11-25-17(28)8-6-14-5-7-16(20(22,23)24)26-19(14)31-2/h1,5-10,27H,11H2,2-3H3,(H,25,28)/b8-6+. The van der Waals surface area contributed by atoms with Gasteiger partial charge in [-0.05, 0) is 35.9 Å². The van der Waals surface area contributed by atoms with E-state index in [1.165, 1.54) is 12.1 Å². The molecule has 0 aliphatic carbocycles. The highest BCUT2D eigenvalue weighted by Crippen LogP contribution is 2.30. The largest absolute Gasteiger partial charge is 0.481 e. The number of nitrogens with zero attached hydrogens (tertiary/aromatic N) is 1. The minimum Gasteiger partial charge on any atom is -0.481 e. The number of hydrogen-bond acceptors (Lipinski definition) is 5. The van der Waals surface area contributed by atoms with Crippen LogP contribution in [0.4, 0.5) is 23.2 Å². The Morgan fingerprint density at radius 3 is 2.56 bits per heavy atom. The number of ether oxygens (including phenoxy) is 1. The van der Waals surface area contributed by atoms with Crippen molar-refractivity contribution in [3.8, 4) is 18.2 Å². The van der Waals surface area contributed by atoms with Gasteiger partial charge in [0.1, 0.15) is 11.5 Å². The number of carbonyl (C=O) groups excluding carboxylic acids is 1. The van der Waals surface area contributed by atoms with Crippen LogP contribution in [0.1, 0.15) is 22.4 Å². The number of aromatic nitrogens is 1. The fourth-order valence-electron chi connectivity index (χ4n) is 2.48. The molecule has 32 heavy (non-hydrogen) atoms. The number of benzene rings is 1. The number of halogens is 4. The van der Waals surface area contributed by atoms with E-state index < -0.39 is 33.6 Å². The summed E-state index contributed by atoms with van der Waals surface area (Å²) in [6.45, 7) is -0.156. The molecule has 1 aromatic heterocycles. The van der Waals surface area contributed by atoms with Crippen molar-refractivity contribution in [3.63, 3.8) is 0 Å². The third kappa shape index (κ3) is 6.71. The van der Waals surface area contributed by atoms with Crippen molar-refractivity contribution in [2.75, 3.05) is 18.1 Å². The molecule has 2 rings (SSSR count). The van der Waals surface area contributed by atoms with E-state index in [1.54, 1.807) is 0 Å². The van der Waals surface area contributed by atoms with Gasteiger partial charge in [0.25, 0.3) is 0 Å². The van der Waals surface area contributed by atoms with Gasteiger partial charge in [-0.15, -0.1) is 6.42 Å². The molecule has 2 N–H and O–H groups in total. The highest BCUT2D eigenvalue weighted by molar-refractivity contribution is 7.92. The molecule has 0 radical (unpaired) electrons. The zero-order valence-electron chi connectivity index (χ0n) is 16.7. The van der Waals surface area contributed by atoms with Crippen LogP contribution in [0.3, 0.4) is 0 Å². The maximum atomic E-state index is 14.3. The van der Waals surface area contributed by atoms with Crippen molar-refractivity contribution >= 4 is 27.7 Å². The Labute approximate surface area is 181 Å². The van der Waals surface area contributed by atoms with Gasteiger partial charge in [-0.3, -0.25) is 9.52 Å². The topological polar surface area (TPSA) is 97.4 Å². The summed E-state index contributed by atoms with van der Waals surface area (Å²) >= 11 is 0. The summed E-state index contributed by atoms with van der Waals surface area (Å²) in [4.78, 5) is 15.4. The molecule has 1 amide bonds. The number of sulfonamides is 1. The van der Waals surface area contributed by atoms with E-state index in [4.69, 9.17) is 11.2 Å². The average Bonchev–Trinajstić information content (AvgIpc) is 2.70. The molecule has 1 aromatic carbocycles. The molecule has 0 spiro atoms. The molecule has 0 saturated heterocycles. The van der Waals surface area contributed by atoms with Gasteiger partial charge >= 0.3 is 6.18 Å². The van der Waals surface area contributed by atoms with E-state index in [0.717, 1.165) is 37.6 Å². The van der Waals surface area contributed by atoms with E-state index in [1.807, 2.05) is 4.72 Å². The second-order valence-corrected chi connectivity index (χ2v) is 8.11. The zero-order chi connectivity index (χ0) is 24.1. The second-order valence-electron chi connectivity index (χ2n) is 6.36. The molecule has 1 heterocycles. The van der Waals surface area contributed by atoms with Crippen LogP contribution in [-0.4, -0.2) is 32.7 Å². The van der Waals surface area contributed by atoms with Crippen molar-refractivity contribution in [2.45, 2.75) is 12.7 Å². The molecular weight excluding hydrogens is 454 g/mol. The molecule has 2 aromatic rings. The van der Waals surface area contributed by atoms with Crippen molar-refractivity contribution < 1.29 is 35.5 Å². The Morgan fingerprint density at radius 1 is 1.31 bits per heavy atom. The summed E-state index contributed by atoms with van der Waals surface area (Å²) in [5.41, 5.74) is -1.20. The van der Waals surface area contributed by atoms with E-state index in [2.05, 4.69) is 16.2 Å². The summed E-state index contributed by atoms with van der Waals surface area (Å²) in [5, 5.41) is 2.45. The maximum Gasteiger partial charge on any atom is 0.433 e. The first-order valence-electron chi connectivity index (χ1n) is 8.69. The van der Waals surface area contributed by atoms with E-state index in [9.17, 15) is 30.8 Å². The Balaban J connectivity index is 2.13. The molecule has 12 heteroatoms. The first-order chi connectivity index (χ1) is 14.8. The number of terminal acetylenes is 1. The number of hydrogen-bond donors (Lipinski definition) is 2. The number of methoxy groups -OCH3 is 1. The van der Waals surface area contributed by atoms with Crippen LogP contribution in [0.2, 0.25) is 0 Å². The van der Waals surface area contributed by atoms with Crippen molar-refractivity contribution in [1.82, 2.24) is 10.3 Å². The smallest absolute Gasteiger partial charge is 0.433 e. The van der Waals surface area contributed by atoms with Crippen LogP contribution in [0.25, 0.3) is 6.08 Å². The molecule has 0 fully saturated rings. The first kappa shape index (κ1) is 24.7. The number of pyridine rings is 1. The number of alkyl halides is 3. The van der Waals surface area contributed by atoms with Gasteiger partial charge in [0.05, 0.1) is 24.6 Å². The molecule has 170 valence electrons. The Kier molecular flexibility index (Phi) is 7.48. The zero-order valence-corrected chi connectivity index (χ0v) is 17.6. The van der Waals surface area contributed by atoms with Gasteiger partial charge < -0.3 is 10.1 Å². The molecular formula is C20H17F4N3O4S. The molecule has 0 saturated carbocycles. The summed E-state index contributed by atoms with van der Waals surface area (Å²) in [6, 6.07) is 4.17. The second kappa shape index (κ2) is 9.69. The third-order valence-corrected chi connectivity index (χ3v) is 4.42. The Bertz CT molecular complexity index is 1200. The van der Waals surface area contributed by atoms with E-state index in [0.29, 0.717) is 0 Å². The number of anilines is 1. The molecule has 0 aliphatic rings. The van der Waals surface area contributed by atoms with Gasteiger partial charge in [0, 0.05) is 18.2 Å². The minimum atomic E-state index is -4.65. The molecule has 0 atom stereocenters. The lowest BCUT2D eigenvalue weighted by Gasteiger charge is -2.11. The normalized spacial score (nSPS) is 11.8. The summed E-state index contributed by atoms with van der Waals surface area (Å²) in [6.07, 6.45) is 3.73. The SMILES string of the molecule is C#Cc1cc(CNC(=O)/C=C/c2ccc(C(F)(F)F)nc2OC)cc(F)c1NS(C)(=O)=O. The lowest BCUT2D eigenvalue weighted by molar-refractivity contribution is -0.141. The van der Waals surface area contributed by atoms with Crippen LogP contribution < -0.4 is 14.8 Å². The highest BCUT2D eigenvalue weighted by atomic mass is 32.2. The summed E-state index contributed by atoms with van der Waals surface area (Å²) in [7, 11) is -2.62. The van der Waals surface area contributed by atoms with Gasteiger partial charge in [0.2, 0.25) is 21.8 Å². The van der Waals surface area contributed by atoms with Crippen molar-refractivity contribution in [3.05, 3.63) is 58.5 Å². The third-order valence-electron chi connectivity index (χ3n) is 3.85. The van der Waals surface area contributed by atoms with E-state index >= 15 is 0 Å². The van der Waals surface area contributed by atoms with Crippen molar-refractivity contribution in [1.29, 1.82) is 0 Å². The van der Waals surface area contributed by atoms with Crippen LogP contribution in [0.15, 0.2) is 30.3 Å². The van der Waals surface area contributed by atoms with Crippen LogP contribution in [0, 0.1) is 18.2 Å². The molecule has 0 aliphatic heterocycles. The fraction of sp³-hybridized carbons (Fsp3) is 0.200. The Morgan fingerprint density at radius 2 is 2.00 bits per heavy atom. The number of carbonyl (C=O) groups is 1. The summed E-state index contributed by atoms with van der Waals surface area (Å²) in [5.74, 6) is 0.276. The predicted molar refractivity (Wildman–Crippen MR) is 109 cm³/mol. The number of amides is 1. The van der Waals surface area contributed by atoms with Crippen molar-refractivity contribution in [2.24, 2.45) is 0 Å². The van der Waals surface area contributed by atoms with Crippen LogP contribution >= 0.6 is 0 Å². The quantitative estimate of drug-likeness (QED) is 0.368. The lowest BCUT2D eigenvalue weighted by Crippen LogP contribution is -2.20. The highest BCUT2D eigenvalue weighted by Gasteiger charge is 2.33. The van der Waals surface area contributed by atoms with Gasteiger partial charge in [-0.25, -0.2) is 17.8 Å². The molecule has 7 nitrogen and oxygen atoms in total. The maximum absolute atomic E-state index is 14.3.